The minimum atomic E-state index is 0.344. The van der Waals surface area contributed by atoms with Crippen LogP contribution in [0.5, 0.6) is 0 Å². The fourth-order valence-electron chi connectivity index (χ4n) is 5.73. The second-order valence-corrected chi connectivity index (χ2v) is 7.55. The number of anilines is 1. The quantitative estimate of drug-likeness (QED) is 0.915. The molecule has 0 unspecified atom stereocenters. The van der Waals surface area contributed by atoms with E-state index in [2.05, 4.69) is 11.9 Å². The van der Waals surface area contributed by atoms with Crippen LogP contribution >= 0.6 is 0 Å². The summed E-state index contributed by atoms with van der Waals surface area (Å²) in [6.07, 6.45) is 12.7. The Kier molecular flexibility index (Phi) is 2.80. The molecule has 1 aromatic heterocycles. The summed E-state index contributed by atoms with van der Waals surface area (Å²) in [5.41, 5.74) is 8.95. The third kappa shape index (κ3) is 1.86. The summed E-state index contributed by atoms with van der Waals surface area (Å²) in [7, 11) is 0. The lowest BCUT2D eigenvalue weighted by molar-refractivity contribution is -0.00762. The summed E-state index contributed by atoms with van der Waals surface area (Å²) in [5, 5.41) is 0. The predicted molar refractivity (Wildman–Crippen MR) is 80.3 cm³/mol. The molecule has 0 aliphatic heterocycles. The van der Waals surface area contributed by atoms with Crippen LogP contribution in [0.2, 0.25) is 0 Å². The van der Waals surface area contributed by atoms with Gasteiger partial charge in [0.15, 0.2) is 0 Å². The molecule has 0 saturated heterocycles. The number of rotatable bonds is 3. The molecule has 2 N–H and O–H groups in total. The lowest BCUT2D eigenvalue weighted by Gasteiger charge is -2.56. The lowest BCUT2D eigenvalue weighted by Crippen LogP contribution is -2.49. The molecule has 0 atom stereocenters. The van der Waals surface area contributed by atoms with Crippen molar-refractivity contribution in [3.8, 4) is 0 Å². The summed E-state index contributed by atoms with van der Waals surface area (Å²) in [6.45, 7) is 2.24. The van der Waals surface area contributed by atoms with Gasteiger partial charge in [0.1, 0.15) is 0 Å². The number of aryl methyl sites for hydroxylation is 1. The average molecular weight is 271 g/mol. The van der Waals surface area contributed by atoms with Crippen molar-refractivity contribution in [2.24, 2.45) is 17.8 Å². The molecule has 20 heavy (non-hydrogen) atoms. The number of nitrogens with two attached hydrogens (primary N) is 1. The molecule has 3 heteroatoms. The summed E-state index contributed by atoms with van der Waals surface area (Å²) < 4.78 is 0. The Balaban J connectivity index is 1.78. The van der Waals surface area contributed by atoms with E-state index in [0.29, 0.717) is 11.4 Å². The summed E-state index contributed by atoms with van der Waals surface area (Å²) >= 11 is 0. The largest absolute Gasteiger partial charge is 0.368 e. The van der Waals surface area contributed by atoms with E-state index in [1.165, 1.54) is 49.8 Å². The van der Waals surface area contributed by atoms with E-state index in [9.17, 15) is 0 Å². The summed E-state index contributed by atoms with van der Waals surface area (Å²) in [6, 6.07) is 0. The Hall–Kier alpha value is -1.12. The molecule has 1 heterocycles. The smallest absolute Gasteiger partial charge is 0.220 e. The van der Waals surface area contributed by atoms with Crippen molar-refractivity contribution in [2.75, 3.05) is 5.73 Å². The van der Waals surface area contributed by atoms with Gasteiger partial charge in [0.2, 0.25) is 5.95 Å². The van der Waals surface area contributed by atoms with Gasteiger partial charge >= 0.3 is 0 Å². The minimum Gasteiger partial charge on any atom is -0.368 e. The number of hydrogen-bond donors (Lipinski definition) is 1. The Morgan fingerprint density at radius 3 is 2.30 bits per heavy atom. The molecule has 0 aromatic carbocycles. The third-order valence-corrected chi connectivity index (χ3v) is 5.94. The molecule has 4 saturated carbocycles. The highest BCUT2D eigenvalue weighted by molar-refractivity contribution is 5.34. The van der Waals surface area contributed by atoms with E-state index >= 15 is 0 Å². The van der Waals surface area contributed by atoms with Crippen molar-refractivity contribution in [1.82, 2.24) is 9.97 Å². The van der Waals surface area contributed by atoms with Crippen molar-refractivity contribution in [3.63, 3.8) is 0 Å². The zero-order valence-corrected chi connectivity index (χ0v) is 12.4. The van der Waals surface area contributed by atoms with Crippen molar-refractivity contribution in [3.05, 3.63) is 17.5 Å². The molecule has 1 aromatic rings. The molecule has 5 rings (SSSR count). The molecule has 3 nitrogen and oxygen atoms in total. The van der Waals surface area contributed by atoms with Crippen LogP contribution in [-0.4, -0.2) is 9.97 Å². The Morgan fingerprint density at radius 2 is 1.75 bits per heavy atom. The number of hydrogen-bond acceptors (Lipinski definition) is 3. The fourth-order valence-corrected chi connectivity index (χ4v) is 5.73. The summed E-state index contributed by atoms with van der Waals surface area (Å²) in [4.78, 5) is 9.00. The van der Waals surface area contributed by atoms with E-state index in [1.54, 1.807) is 0 Å². The van der Waals surface area contributed by atoms with Gasteiger partial charge in [0.25, 0.3) is 0 Å². The second kappa shape index (κ2) is 4.44. The van der Waals surface area contributed by atoms with Crippen LogP contribution in [0.25, 0.3) is 0 Å². The third-order valence-electron chi connectivity index (χ3n) is 5.94. The predicted octanol–water partition coefficient (Wildman–Crippen LogP) is 3.48. The van der Waals surface area contributed by atoms with Crippen molar-refractivity contribution >= 4 is 5.95 Å². The van der Waals surface area contributed by atoms with Gasteiger partial charge in [-0.2, -0.15) is 0 Å². The first-order valence-electron chi connectivity index (χ1n) is 8.30. The molecule has 0 radical (unpaired) electrons. The van der Waals surface area contributed by atoms with Gasteiger partial charge in [0, 0.05) is 11.6 Å². The first-order valence-corrected chi connectivity index (χ1v) is 8.30. The number of aromatic nitrogens is 2. The molecule has 108 valence electrons. The van der Waals surface area contributed by atoms with Gasteiger partial charge in [-0.05, 0) is 68.3 Å². The molecule has 4 aliphatic rings. The first-order chi connectivity index (χ1) is 9.68. The second-order valence-electron chi connectivity index (χ2n) is 7.55. The molecular weight excluding hydrogens is 246 g/mol. The minimum absolute atomic E-state index is 0.344. The Bertz CT molecular complexity index is 488. The SMILES string of the molecule is CCCc1cnc(N)nc1C12CC3CC(CC(C3)C1)C2. The normalized spacial score (nSPS) is 38.4. The van der Waals surface area contributed by atoms with Crippen LogP contribution in [0, 0.1) is 17.8 Å². The maximum atomic E-state index is 5.92. The van der Waals surface area contributed by atoms with Crippen LogP contribution in [-0.2, 0) is 11.8 Å². The van der Waals surface area contributed by atoms with E-state index in [-0.39, 0.29) is 0 Å². The van der Waals surface area contributed by atoms with Crippen LogP contribution in [0.1, 0.15) is 63.1 Å². The lowest BCUT2D eigenvalue weighted by atomic mass is 9.48. The first kappa shape index (κ1) is 12.6. The monoisotopic (exact) mass is 271 g/mol. The molecule has 4 aliphatic carbocycles. The van der Waals surface area contributed by atoms with Gasteiger partial charge in [0.05, 0.1) is 5.69 Å². The topological polar surface area (TPSA) is 51.8 Å². The molecule has 0 spiro atoms. The van der Waals surface area contributed by atoms with Crippen LogP contribution < -0.4 is 5.73 Å². The van der Waals surface area contributed by atoms with Crippen molar-refractivity contribution in [1.29, 1.82) is 0 Å². The van der Waals surface area contributed by atoms with Crippen LogP contribution in [0.4, 0.5) is 5.95 Å². The zero-order valence-electron chi connectivity index (χ0n) is 12.4. The summed E-state index contributed by atoms with van der Waals surface area (Å²) in [5.74, 6) is 3.32. The number of nitrogen functional groups attached to an aromatic ring is 1. The molecule has 4 fully saturated rings. The standard InChI is InChI=1S/C17H25N3/c1-2-3-14-10-19-16(18)20-15(14)17-7-11-4-12(8-17)6-13(5-11)9-17/h10-13H,2-9H2,1H3,(H2,18,19,20). The van der Waals surface area contributed by atoms with Crippen LogP contribution in [0.15, 0.2) is 6.20 Å². The van der Waals surface area contributed by atoms with Crippen molar-refractivity contribution in [2.45, 2.75) is 63.7 Å². The van der Waals surface area contributed by atoms with E-state index in [0.717, 1.165) is 30.6 Å². The van der Waals surface area contributed by atoms with Gasteiger partial charge in [-0.15, -0.1) is 0 Å². The highest BCUT2D eigenvalue weighted by Crippen LogP contribution is 2.60. The van der Waals surface area contributed by atoms with Gasteiger partial charge in [-0.3, -0.25) is 0 Å². The Labute approximate surface area is 121 Å². The Morgan fingerprint density at radius 1 is 1.15 bits per heavy atom. The highest BCUT2D eigenvalue weighted by atomic mass is 15.0. The van der Waals surface area contributed by atoms with Gasteiger partial charge < -0.3 is 5.73 Å². The van der Waals surface area contributed by atoms with Gasteiger partial charge in [-0.1, -0.05) is 13.3 Å². The molecule has 0 amide bonds. The van der Waals surface area contributed by atoms with E-state index in [4.69, 9.17) is 10.7 Å². The van der Waals surface area contributed by atoms with E-state index < -0.39 is 0 Å². The van der Waals surface area contributed by atoms with Gasteiger partial charge in [-0.25, -0.2) is 9.97 Å². The van der Waals surface area contributed by atoms with E-state index in [1.807, 2.05) is 6.20 Å². The zero-order chi connectivity index (χ0) is 13.7. The maximum Gasteiger partial charge on any atom is 0.220 e. The molecule has 4 bridgehead atoms. The number of nitrogens with zero attached hydrogens (tertiary/aromatic N) is 2. The van der Waals surface area contributed by atoms with Crippen LogP contribution in [0.3, 0.4) is 0 Å². The highest BCUT2D eigenvalue weighted by Gasteiger charge is 2.52. The van der Waals surface area contributed by atoms with Crippen molar-refractivity contribution < 1.29 is 0 Å². The maximum absolute atomic E-state index is 5.92. The molecular formula is C17H25N3. The average Bonchev–Trinajstić information content (AvgIpc) is 2.39. The fraction of sp³-hybridized carbons (Fsp3) is 0.765.